The molecule has 0 radical (unpaired) electrons. The van der Waals surface area contributed by atoms with Gasteiger partial charge in [-0.05, 0) is 103 Å². The molecule has 0 amide bonds. The first-order valence-electron chi connectivity index (χ1n) is 19.7. The number of rotatable bonds is 4. The Morgan fingerprint density at radius 1 is 0.446 bits per heavy atom. The van der Waals surface area contributed by atoms with E-state index in [1.807, 2.05) is 0 Å². The van der Waals surface area contributed by atoms with Crippen LogP contribution in [0.1, 0.15) is 47.6 Å². The van der Waals surface area contributed by atoms with Gasteiger partial charge < -0.3 is 9.32 Å². The summed E-state index contributed by atoms with van der Waals surface area (Å²) >= 11 is 0. The summed E-state index contributed by atoms with van der Waals surface area (Å²) in [6, 6.07) is 67.6. The lowest BCUT2D eigenvalue weighted by Gasteiger charge is -2.32. The normalized spacial score (nSPS) is 13.5. The fourth-order valence-electron chi connectivity index (χ4n) is 10.3. The van der Waals surface area contributed by atoms with Crippen molar-refractivity contribution >= 4 is 60.5 Å². The molecule has 9 aromatic carbocycles. The molecule has 0 unspecified atom stereocenters. The Hall–Kier alpha value is -6.90. The molecule has 2 aliphatic carbocycles. The molecule has 264 valence electrons. The third kappa shape index (κ3) is 4.11. The van der Waals surface area contributed by atoms with E-state index >= 15 is 0 Å². The summed E-state index contributed by atoms with van der Waals surface area (Å²) in [6.07, 6.45) is 0. The molecule has 0 atom stereocenters. The highest BCUT2D eigenvalue weighted by molar-refractivity contribution is 6.20. The lowest BCUT2D eigenvalue weighted by molar-refractivity contribution is 0.672. The van der Waals surface area contributed by atoms with E-state index in [0.29, 0.717) is 5.92 Å². The molecule has 0 bridgehead atoms. The van der Waals surface area contributed by atoms with E-state index in [0.717, 1.165) is 44.4 Å². The number of hydrogen-bond donors (Lipinski definition) is 0. The number of anilines is 3. The van der Waals surface area contributed by atoms with Gasteiger partial charge >= 0.3 is 0 Å². The van der Waals surface area contributed by atoms with Crippen LogP contribution in [0.2, 0.25) is 0 Å². The molecule has 0 aliphatic heterocycles. The molecule has 0 saturated heterocycles. The lowest BCUT2D eigenvalue weighted by Crippen LogP contribution is -2.26. The van der Waals surface area contributed by atoms with Crippen LogP contribution in [0.15, 0.2) is 186 Å². The second kappa shape index (κ2) is 11.6. The van der Waals surface area contributed by atoms with Crippen molar-refractivity contribution in [2.24, 2.45) is 0 Å². The quantitative estimate of drug-likeness (QED) is 0.180. The van der Waals surface area contributed by atoms with Crippen molar-refractivity contribution in [2.75, 3.05) is 4.90 Å². The Balaban J connectivity index is 1.20. The zero-order valence-corrected chi connectivity index (χ0v) is 31.3. The lowest BCUT2D eigenvalue weighted by atomic mass is 9.70. The molecule has 12 rings (SSSR count). The summed E-state index contributed by atoms with van der Waals surface area (Å²) in [5.41, 5.74) is 16.7. The topological polar surface area (TPSA) is 16.4 Å². The van der Waals surface area contributed by atoms with Gasteiger partial charge in [-0.1, -0.05) is 159 Å². The Morgan fingerprint density at radius 3 is 1.71 bits per heavy atom. The molecule has 2 heteroatoms. The first kappa shape index (κ1) is 31.5. The fraction of sp³-hybridized carbons (Fsp3) is 0.0741. The average molecular weight is 716 g/mol. The van der Waals surface area contributed by atoms with Gasteiger partial charge in [0, 0.05) is 32.9 Å². The van der Waals surface area contributed by atoms with Crippen molar-refractivity contribution in [3.05, 3.63) is 210 Å². The maximum absolute atomic E-state index is 6.77. The minimum atomic E-state index is -0.441. The van der Waals surface area contributed by atoms with E-state index in [2.05, 4.69) is 201 Å². The van der Waals surface area contributed by atoms with Crippen LogP contribution in [0.5, 0.6) is 0 Å². The van der Waals surface area contributed by atoms with Crippen LogP contribution in [0.3, 0.4) is 0 Å². The number of benzene rings is 9. The van der Waals surface area contributed by atoms with Gasteiger partial charge in [-0.3, -0.25) is 0 Å². The van der Waals surface area contributed by atoms with E-state index in [1.54, 1.807) is 0 Å². The highest BCUT2D eigenvalue weighted by atomic mass is 16.3. The van der Waals surface area contributed by atoms with E-state index in [9.17, 15) is 0 Å². The first-order valence-corrected chi connectivity index (χ1v) is 19.7. The van der Waals surface area contributed by atoms with Gasteiger partial charge in [0.05, 0.1) is 11.1 Å². The van der Waals surface area contributed by atoms with Crippen molar-refractivity contribution < 1.29 is 4.42 Å². The van der Waals surface area contributed by atoms with Crippen molar-refractivity contribution in [1.29, 1.82) is 0 Å². The third-order valence-corrected chi connectivity index (χ3v) is 12.6. The summed E-state index contributed by atoms with van der Waals surface area (Å²) in [4.78, 5) is 2.49. The van der Waals surface area contributed by atoms with Crippen molar-refractivity contribution in [1.82, 2.24) is 0 Å². The smallest absolute Gasteiger partial charge is 0.143 e. The van der Waals surface area contributed by atoms with Gasteiger partial charge in [0.25, 0.3) is 0 Å². The van der Waals surface area contributed by atoms with Gasteiger partial charge in [0.1, 0.15) is 11.2 Å². The van der Waals surface area contributed by atoms with Crippen molar-refractivity contribution in [2.45, 2.75) is 25.2 Å². The highest BCUT2D eigenvalue weighted by Crippen LogP contribution is 2.63. The Morgan fingerprint density at radius 2 is 1.02 bits per heavy atom. The molecule has 2 nitrogen and oxygen atoms in total. The van der Waals surface area contributed by atoms with E-state index in [4.69, 9.17) is 4.42 Å². The second-order valence-electron chi connectivity index (χ2n) is 15.8. The molecular weight excluding hydrogens is 679 g/mol. The van der Waals surface area contributed by atoms with Crippen molar-refractivity contribution in [3.63, 3.8) is 0 Å². The van der Waals surface area contributed by atoms with Crippen LogP contribution in [-0.4, -0.2) is 0 Å². The standard InChI is InChI=1S/C54H37NO/c1-33(2)38-21-13-25-51-52(38)45-32-50(43-19-5-6-20-44(43)53(45)56-51)55(36-27-26-34-14-3-4-15-35(34)30-36)37-28-29-42-41-18-9-12-24-48(41)54(49(42)31-37)46-22-10-7-16-39(46)40-17-8-11-23-47(40)54/h3-33H,1-2H3. The third-order valence-electron chi connectivity index (χ3n) is 12.6. The van der Waals surface area contributed by atoms with Gasteiger partial charge in [-0.15, -0.1) is 0 Å². The summed E-state index contributed by atoms with van der Waals surface area (Å²) in [5, 5.41) is 7.04. The maximum atomic E-state index is 6.77. The van der Waals surface area contributed by atoms with Crippen molar-refractivity contribution in [3.8, 4) is 22.3 Å². The molecule has 0 fully saturated rings. The summed E-state index contributed by atoms with van der Waals surface area (Å²) in [5.74, 6) is 0.345. The summed E-state index contributed by atoms with van der Waals surface area (Å²) < 4.78 is 6.77. The first-order chi connectivity index (χ1) is 27.6. The second-order valence-corrected chi connectivity index (χ2v) is 15.8. The number of nitrogens with zero attached hydrogens (tertiary/aromatic N) is 1. The Bertz CT molecular complexity index is 3190. The molecule has 10 aromatic rings. The predicted molar refractivity (Wildman–Crippen MR) is 234 cm³/mol. The van der Waals surface area contributed by atoms with Gasteiger partial charge in [0.15, 0.2) is 0 Å². The number of furan rings is 1. The van der Waals surface area contributed by atoms with Crippen LogP contribution in [0.25, 0.3) is 65.7 Å². The number of fused-ring (bicyclic) bond motifs is 16. The largest absolute Gasteiger partial charge is 0.455 e. The van der Waals surface area contributed by atoms with Gasteiger partial charge in [-0.25, -0.2) is 0 Å². The van der Waals surface area contributed by atoms with E-state index < -0.39 is 5.41 Å². The van der Waals surface area contributed by atoms with E-state index in [-0.39, 0.29) is 0 Å². The summed E-state index contributed by atoms with van der Waals surface area (Å²) in [7, 11) is 0. The number of hydrogen-bond acceptors (Lipinski definition) is 2. The van der Waals surface area contributed by atoms with Crippen LogP contribution in [0.4, 0.5) is 17.1 Å². The minimum absolute atomic E-state index is 0.345. The molecular formula is C54H37NO. The van der Waals surface area contributed by atoms with Crippen LogP contribution < -0.4 is 4.90 Å². The van der Waals surface area contributed by atoms with Gasteiger partial charge in [-0.2, -0.15) is 0 Å². The minimum Gasteiger partial charge on any atom is -0.455 e. The summed E-state index contributed by atoms with van der Waals surface area (Å²) in [6.45, 7) is 4.54. The Kier molecular flexibility index (Phi) is 6.49. The SMILES string of the molecule is CC(C)c1cccc2oc3c4ccccc4c(N(c4ccc5c(c4)C4(c6ccccc6-c6ccccc64)c4ccccc4-5)c4ccc5ccccc5c4)cc3c12. The van der Waals surface area contributed by atoms with Crippen LogP contribution in [-0.2, 0) is 5.41 Å². The molecule has 2 aliphatic rings. The van der Waals surface area contributed by atoms with Gasteiger partial charge in [0.2, 0.25) is 0 Å². The maximum Gasteiger partial charge on any atom is 0.143 e. The Labute approximate surface area is 325 Å². The molecule has 1 spiro atoms. The zero-order chi connectivity index (χ0) is 37.1. The molecule has 56 heavy (non-hydrogen) atoms. The highest BCUT2D eigenvalue weighted by Gasteiger charge is 2.51. The monoisotopic (exact) mass is 715 g/mol. The average Bonchev–Trinajstić information content (AvgIpc) is 3.88. The fourth-order valence-corrected chi connectivity index (χ4v) is 10.3. The molecule has 1 heterocycles. The van der Waals surface area contributed by atoms with Crippen LogP contribution in [0, 0.1) is 0 Å². The predicted octanol–water partition coefficient (Wildman–Crippen LogP) is 14.8. The zero-order valence-electron chi connectivity index (χ0n) is 31.3. The van der Waals surface area contributed by atoms with Crippen LogP contribution >= 0.6 is 0 Å². The molecule has 1 aromatic heterocycles. The molecule has 0 saturated carbocycles. The molecule has 0 N–H and O–H groups in total. The van der Waals surface area contributed by atoms with E-state index in [1.165, 1.54) is 66.2 Å².